The highest BCUT2D eigenvalue weighted by atomic mass is 16.6. The Kier molecular flexibility index (Phi) is 8.52. The largest absolute Gasteiger partial charge is 0.462 e. The van der Waals surface area contributed by atoms with Crippen LogP contribution >= 0.6 is 0 Å². The SMILES string of the molecule is C=CC(=O)OCC(COC(=O)C=C)(COC(=O)C=C)C(C)C. The fourth-order valence-corrected chi connectivity index (χ4v) is 1.45. The molecule has 0 N–H and O–H groups in total. The highest BCUT2D eigenvalue weighted by Crippen LogP contribution is 2.30. The van der Waals surface area contributed by atoms with E-state index in [4.69, 9.17) is 14.2 Å². The van der Waals surface area contributed by atoms with Crippen molar-refractivity contribution in [1.82, 2.24) is 0 Å². The molecule has 0 aliphatic heterocycles. The fourth-order valence-electron chi connectivity index (χ4n) is 1.45. The molecule has 0 spiro atoms. The van der Waals surface area contributed by atoms with Gasteiger partial charge < -0.3 is 14.2 Å². The Morgan fingerprint density at radius 2 is 1.09 bits per heavy atom. The molecule has 6 heteroatoms. The Hall–Kier alpha value is -2.37. The maximum Gasteiger partial charge on any atom is 0.330 e. The zero-order valence-electron chi connectivity index (χ0n) is 13.0. The number of hydrogen-bond acceptors (Lipinski definition) is 6. The molecular formula is C16H22O6. The van der Waals surface area contributed by atoms with Gasteiger partial charge >= 0.3 is 17.9 Å². The monoisotopic (exact) mass is 310 g/mol. The third-order valence-electron chi connectivity index (χ3n) is 3.23. The van der Waals surface area contributed by atoms with Crippen LogP contribution in [0.5, 0.6) is 0 Å². The Bertz CT molecular complexity index is 390. The number of hydrogen-bond donors (Lipinski definition) is 0. The van der Waals surface area contributed by atoms with Crippen molar-refractivity contribution in [2.24, 2.45) is 11.3 Å². The van der Waals surface area contributed by atoms with E-state index >= 15 is 0 Å². The number of rotatable bonds is 10. The first-order valence-electron chi connectivity index (χ1n) is 6.69. The van der Waals surface area contributed by atoms with Gasteiger partial charge in [0.05, 0.1) is 5.41 Å². The molecule has 0 atom stereocenters. The van der Waals surface area contributed by atoms with Crippen LogP contribution in [0.2, 0.25) is 0 Å². The topological polar surface area (TPSA) is 78.9 Å². The van der Waals surface area contributed by atoms with E-state index in [-0.39, 0.29) is 25.7 Å². The molecule has 0 aromatic rings. The molecule has 0 saturated heterocycles. The summed E-state index contributed by atoms with van der Waals surface area (Å²) < 4.78 is 15.2. The highest BCUT2D eigenvalue weighted by molar-refractivity contribution is 5.82. The van der Waals surface area contributed by atoms with Crippen LogP contribution < -0.4 is 0 Å². The first-order valence-corrected chi connectivity index (χ1v) is 6.69. The minimum Gasteiger partial charge on any atom is -0.462 e. The molecule has 22 heavy (non-hydrogen) atoms. The van der Waals surface area contributed by atoms with Crippen LogP contribution in [0.3, 0.4) is 0 Å². The standard InChI is InChI=1S/C16H22O6/c1-6-13(17)20-9-16(12(4)5,10-21-14(18)7-2)11-22-15(19)8-3/h6-8,12H,1-3,9-11H2,4-5H3. The molecule has 0 saturated carbocycles. The molecular weight excluding hydrogens is 288 g/mol. The maximum absolute atomic E-state index is 11.3. The van der Waals surface area contributed by atoms with Crippen LogP contribution in [0.15, 0.2) is 38.0 Å². The smallest absolute Gasteiger partial charge is 0.330 e. The number of ether oxygens (including phenoxy) is 3. The summed E-state index contributed by atoms with van der Waals surface area (Å²) in [6.45, 7) is 13.3. The van der Waals surface area contributed by atoms with Crippen LogP contribution in [0.1, 0.15) is 13.8 Å². The van der Waals surface area contributed by atoms with E-state index in [1.54, 1.807) is 0 Å². The average Bonchev–Trinajstić information content (AvgIpc) is 2.52. The molecule has 0 aromatic carbocycles. The minimum atomic E-state index is -0.879. The summed E-state index contributed by atoms with van der Waals surface area (Å²) in [5, 5.41) is 0. The zero-order chi connectivity index (χ0) is 17.2. The van der Waals surface area contributed by atoms with Gasteiger partial charge in [0.25, 0.3) is 0 Å². The number of esters is 3. The van der Waals surface area contributed by atoms with E-state index in [0.717, 1.165) is 18.2 Å². The van der Waals surface area contributed by atoms with Crippen molar-refractivity contribution < 1.29 is 28.6 Å². The summed E-state index contributed by atoms with van der Waals surface area (Å²) in [5.74, 6) is -1.96. The lowest BCUT2D eigenvalue weighted by Crippen LogP contribution is -2.43. The normalized spacial score (nSPS) is 10.5. The Morgan fingerprint density at radius 3 is 1.27 bits per heavy atom. The average molecular weight is 310 g/mol. The van der Waals surface area contributed by atoms with Crippen LogP contribution in [0.25, 0.3) is 0 Å². The van der Waals surface area contributed by atoms with Crippen LogP contribution in [-0.4, -0.2) is 37.7 Å². The maximum atomic E-state index is 11.3. The first kappa shape index (κ1) is 19.6. The second kappa shape index (κ2) is 9.55. The van der Waals surface area contributed by atoms with E-state index < -0.39 is 23.3 Å². The van der Waals surface area contributed by atoms with Gasteiger partial charge in [0, 0.05) is 18.2 Å². The van der Waals surface area contributed by atoms with Crippen LogP contribution in [0.4, 0.5) is 0 Å². The molecule has 0 radical (unpaired) electrons. The number of carbonyl (C=O) groups excluding carboxylic acids is 3. The van der Waals surface area contributed by atoms with Gasteiger partial charge in [-0.15, -0.1) is 0 Å². The molecule has 0 bridgehead atoms. The molecule has 0 aliphatic carbocycles. The molecule has 0 amide bonds. The van der Waals surface area contributed by atoms with Gasteiger partial charge in [0.1, 0.15) is 19.8 Å². The van der Waals surface area contributed by atoms with Crippen molar-refractivity contribution in [3.63, 3.8) is 0 Å². The minimum absolute atomic E-state index is 0.0929. The molecule has 0 rings (SSSR count). The van der Waals surface area contributed by atoms with E-state index in [1.165, 1.54) is 0 Å². The summed E-state index contributed by atoms with van der Waals surface area (Å²) in [5.41, 5.74) is -0.879. The molecule has 6 nitrogen and oxygen atoms in total. The molecule has 122 valence electrons. The molecule has 0 heterocycles. The third kappa shape index (κ3) is 6.39. The van der Waals surface area contributed by atoms with Crippen molar-refractivity contribution in [3.05, 3.63) is 38.0 Å². The van der Waals surface area contributed by atoms with E-state index in [0.29, 0.717) is 0 Å². The van der Waals surface area contributed by atoms with E-state index in [2.05, 4.69) is 19.7 Å². The van der Waals surface area contributed by atoms with Gasteiger partial charge in [-0.25, -0.2) is 14.4 Å². The quantitative estimate of drug-likeness (QED) is 0.348. The summed E-state index contributed by atoms with van der Waals surface area (Å²) in [7, 11) is 0. The lowest BCUT2D eigenvalue weighted by atomic mass is 9.79. The van der Waals surface area contributed by atoms with Crippen molar-refractivity contribution in [2.45, 2.75) is 13.8 Å². The predicted molar refractivity (Wildman–Crippen MR) is 80.7 cm³/mol. The summed E-state index contributed by atoms with van der Waals surface area (Å²) >= 11 is 0. The van der Waals surface area contributed by atoms with Crippen molar-refractivity contribution in [2.75, 3.05) is 19.8 Å². The van der Waals surface area contributed by atoms with Crippen LogP contribution in [0, 0.1) is 11.3 Å². The van der Waals surface area contributed by atoms with Gasteiger partial charge in [-0.3, -0.25) is 0 Å². The third-order valence-corrected chi connectivity index (χ3v) is 3.23. The second-order valence-corrected chi connectivity index (χ2v) is 4.95. The Morgan fingerprint density at radius 1 is 0.818 bits per heavy atom. The van der Waals surface area contributed by atoms with Gasteiger partial charge in [-0.05, 0) is 5.92 Å². The van der Waals surface area contributed by atoms with Gasteiger partial charge in [-0.1, -0.05) is 33.6 Å². The highest BCUT2D eigenvalue weighted by Gasteiger charge is 2.38. The van der Waals surface area contributed by atoms with Gasteiger partial charge in [0.15, 0.2) is 0 Å². The summed E-state index contributed by atoms with van der Waals surface area (Å²) in [6.07, 6.45) is 3.07. The van der Waals surface area contributed by atoms with E-state index in [1.807, 2.05) is 13.8 Å². The molecule has 0 aliphatic rings. The van der Waals surface area contributed by atoms with Gasteiger partial charge in [-0.2, -0.15) is 0 Å². The van der Waals surface area contributed by atoms with Crippen molar-refractivity contribution in [3.8, 4) is 0 Å². The van der Waals surface area contributed by atoms with Crippen LogP contribution in [-0.2, 0) is 28.6 Å². The number of carbonyl (C=O) groups is 3. The molecule has 0 unspecified atom stereocenters. The Balaban J connectivity index is 5.13. The molecule has 0 aromatic heterocycles. The zero-order valence-corrected chi connectivity index (χ0v) is 13.0. The Labute approximate surface area is 130 Å². The fraction of sp³-hybridized carbons (Fsp3) is 0.438. The first-order chi connectivity index (χ1) is 10.3. The summed E-state index contributed by atoms with van der Waals surface area (Å²) in [6, 6.07) is 0. The van der Waals surface area contributed by atoms with Crippen molar-refractivity contribution in [1.29, 1.82) is 0 Å². The summed E-state index contributed by atoms with van der Waals surface area (Å²) in [4.78, 5) is 33.8. The predicted octanol–water partition coefficient (Wildman–Crippen LogP) is 1.82. The lowest BCUT2D eigenvalue weighted by molar-refractivity contribution is -0.159. The van der Waals surface area contributed by atoms with Gasteiger partial charge in [0.2, 0.25) is 0 Å². The van der Waals surface area contributed by atoms with Crippen molar-refractivity contribution >= 4 is 17.9 Å². The van der Waals surface area contributed by atoms with E-state index in [9.17, 15) is 14.4 Å². The molecule has 0 fully saturated rings. The lowest BCUT2D eigenvalue weighted by Gasteiger charge is -2.35. The second-order valence-electron chi connectivity index (χ2n) is 4.95.